The first-order valence-electron chi connectivity index (χ1n) is 5.91. The number of nitrogens with zero attached hydrogens (tertiary/aromatic N) is 1. The molecule has 1 rings (SSSR count). The van der Waals surface area contributed by atoms with E-state index in [1.54, 1.807) is 6.92 Å². The number of likely N-dealkylation sites (N-methyl/N-ethyl adjacent to an activating group) is 1. The molecule has 4 nitrogen and oxygen atoms in total. The minimum atomic E-state index is -0.386. The Hall–Kier alpha value is -1.81. The minimum absolute atomic E-state index is 0.367. The molecule has 1 aromatic carbocycles. The summed E-state index contributed by atoms with van der Waals surface area (Å²) in [5, 5.41) is 0. The fourth-order valence-corrected chi connectivity index (χ4v) is 1.50. The lowest BCUT2D eigenvalue weighted by Crippen LogP contribution is -2.23. The Labute approximate surface area is 108 Å². The van der Waals surface area contributed by atoms with Crippen LogP contribution in [0.15, 0.2) is 42.1 Å². The van der Waals surface area contributed by atoms with E-state index in [9.17, 15) is 4.79 Å². The maximum Gasteiger partial charge on any atom is 0.332 e. The molecule has 0 fully saturated rings. The van der Waals surface area contributed by atoms with Crippen molar-refractivity contribution in [3.05, 3.63) is 47.7 Å². The van der Waals surface area contributed by atoms with Gasteiger partial charge in [0.15, 0.2) is 0 Å². The van der Waals surface area contributed by atoms with Crippen molar-refractivity contribution in [2.45, 2.75) is 13.5 Å². The molecule has 0 unspecified atom stereocenters. The molecule has 0 amide bonds. The van der Waals surface area contributed by atoms with Gasteiger partial charge in [0.25, 0.3) is 0 Å². The molecule has 0 heterocycles. The SMILES string of the molecule is C/C(N)=C/C(=O)OCCN(C)Cc1ccccc1. The van der Waals surface area contributed by atoms with Gasteiger partial charge in [-0.25, -0.2) is 4.79 Å². The highest BCUT2D eigenvalue weighted by molar-refractivity contribution is 5.82. The van der Waals surface area contributed by atoms with Crippen molar-refractivity contribution in [1.29, 1.82) is 0 Å². The molecule has 0 saturated heterocycles. The van der Waals surface area contributed by atoms with Crippen LogP contribution in [0.5, 0.6) is 0 Å². The van der Waals surface area contributed by atoms with Gasteiger partial charge in [-0.05, 0) is 19.5 Å². The van der Waals surface area contributed by atoms with Crippen LogP contribution in [0.2, 0.25) is 0 Å². The number of nitrogens with two attached hydrogens (primary N) is 1. The summed E-state index contributed by atoms with van der Waals surface area (Å²) in [6.45, 7) is 3.55. The molecular weight excluding hydrogens is 228 g/mol. The first-order valence-corrected chi connectivity index (χ1v) is 5.91. The average molecular weight is 248 g/mol. The summed E-state index contributed by atoms with van der Waals surface area (Å²) in [7, 11) is 1.99. The Kier molecular flexibility index (Phi) is 5.94. The van der Waals surface area contributed by atoms with Crippen LogP contribution in [0.25, 0.3) is 0 Å². The third kappa shape index (κ3) is 6.06. The third-order valence-corrected chi connectivity index (χ3v) is 2.36. The van der Waals surface area contributed by atoms with Crippen molar-refractivity contribution in [3.63, 3.8) is 0 Å². The zero-order chi connectivity index (χ0) is 13.4. The van der Waals surface area contributed by atoms with E-state index in [2.05, 4.69) is 17.0 Å². The summed E-state index contributed by atoms with van der Waals surface area (Å²) in [5.74, 6) is -0.386. The van der Waals surface area contributed by atoms with E-state index in [1.165, 1.54) is 11.6 Å². The first kappa shape index (κ1) is 14.3. The lowest BCUT2D eigenvalue weighted by Gasteiger charge is -2.16. The number of hydrogen-bond acceptors (Lipinski definition) is 4. The van der Waals surface area contributed by atoms with Gasteiger partial charge in [0.1, 0.15) is 6.61 Å². The van der Waals surface area contributed by atoms with Crippen LogP contribution < -0.4 is 5.73 Å². The van der Waals surface area contributed by atoms with Gasteiger partial charge in [0, 0.05) is 24.9 Å². The van der Waals surface area contributed by atoms with Crippen molar-refractivity contribution in [2.24, 2.45) is 5.73 Å². The molecule has 18 heavy (non-hydrogen) atoms. The second-order valence-corrected chi connectivity index (χ2v) is 4.28. The summed E-state index contributed by atoms with van der Waals surface area (Å²) in [6, 6.07) is 10.2. The molecule has 2 N–H and O–H groups in total. The topological polar surface area (TPSA) is 55.6 Å². The summed E-state index contributed by atoms with van der Waals surface area (Å²) < 4.78 is 5.02. The molecule has 1 aromatic rings. The average Bonchev–Trinajstić information content (AvgIpc) is 2.29. The standard InChI is InChI=1S/C14H20N2O2/c1-12(15)10-14(17)18-9-8-16(2)11-13-6-4-3-5-7-13/h3-7,10H,8-9,11,15H2,1-2H3/b12-10-. The summed E-state index contributed by atoms with van der Waals surface area (Å²) in [4.78, 5) is 13.3. The molecular formula is C14H20N2O2. The van der Waals surface area contributed by atoms with E-state index in [-0.39, 0.29) is 5.97 Å². The van der Waals surface area contributed by atoms with Gasteiger partial charge in [0.05, 0.1) is 0 Å². The van der Waals surface area contributed by atoms with Crippen molar-refractivity contribution in [3.8, 4) is 0 Å². The van der Waals surface area contributed by atoms with Crippen molar-refractivity contribution in [1.82, 2.24) is 4.90 Å². The normalized spacial score (nSPS) is 11.6. The van der Waals surface area contributed by atoms with E-state index in [4.69, 9.17) is 10.5 Å². The minimum Gasteiger partial charge on any atom is -0.461 e. The van der Waals surface area contributed by atoms with E-state index in [0.29, 0.717) is 18.8 Å². The molecule has 0 saturated carbocycles. The van der Waals surface area contributed by atoms with Crippen molar-refractivity contribution < 1.29 is 9.53 Å². The number of hydrogen-bond donors (Lipinski definition) is 1. The van der Waals surface area contributed by atoms with Gasteiger partial charge >= 0.3 is 5.97 Å². The van der Waals surface area contributed by atoms with Crippen LogP contribution in [0, 0.1) is 0 Å². The first-order chi connectivity index (χ1) is 8.58. The predicted molar refractivity (Wildman–Crippen MR) is 71.7 cm³/mol. The van der Waals surface area contributed by atoms with Crippen molar-refractivity contribution in [2.75, 3.05) is 20.2 Å². The Balaban J connectivity index is 2.24. The highest BCUT2D eigenvalue weighted by Gasteiger charge is 2.02. The zero-order valence-electron chi connectivity index (χ0n) is 10.9. The quantitative estimate of drug-likeness (QED) is 0.612. The van der Waals surface area contributed by atoms with Gasteiger partial charge in [0.2, 0.25) is 0 Å². The molecule has 0 aliphatic heterocycles. The molecule has 0 aliphatic carbocycles. The monoisotopic (exact) mass is 248 g/mol. The second-order valence-electron chi connectivity index (χ2n) is 4.28. The van der Waals surface area contributed by atoms with Gasteiger partial charge < -0.3 is 10.5 Å². The van der Waals surface area contributed by atoms with E-state index >= 15 is 0 Å². The number of esters is 1. The Morgan fingerprint density at radius 1 is 1.39 bits per heavy atom. The van der Waals surface area contributed by atoms with E-state index in [0.717, 1.165) is 6.54 Å². The molecule has 0 atom stereocenters. The summed E-state index contributed by atoms with van der Waals surface area (Å²) >= 11 is 0. The van der Waals surface area contributed by atoms with E-state index < -0.39 is 0 Å². The number of carbonyl (C=O) groups is 1. The maximum absolute atomic E-state index is 11.2. The third-order valence-electron chi connectivity index (χ3n) is 2.36. The maximum atomic E-state index is 11.2. The lowest BCUT2D eigenvalue weighted by molar-refractivity contribution is -0.138. The van der Waals surface area contributed by atoms with Crippen LogP contribution in [-0.2, 0) is 16.1 Å². The van der Waals surface area contributed by atoms with Crippen LogP contribution in [-0.4, -0.2) is 31.1 Å². The van der Waals surface area contributed by atoms with Crippen LogP contribution in [0.1, 0.15) is 12.5 Å². The Bertz CT molecular complexity index is 398. The van der Waals surface area contributed by atoms with Gasteiger partial charge in [-0.3, -0.25) is 4.90 Å². The fourth-order valence-electron chi connectivity index (χ4n) is 1.50. The zero-order valence-corrected chi connectivity index (χ0v) is 10.9. The molecule has 0 spiro atoms. The number of allylic oxidation sites excluding steroid dienone is 1. The molecule has 4 heteroatoms. The molecule has 0 bridgehead atoms. The molecule has 0 aliphatic rings. The van der Waals surface area contributed by atoms with E-state index in [1.807, 2.05) is 25.2 Å². The smallest absolute Gasteiger partial charge is 0.332 e. The molecule has 0 aromatic heterocycles. The fraction of sp³-hybridized carbons (Fsp3) is 0.357. The molecule has 98 valence electrons. The number of ether oxygens (including phenoxy) is 1. The number of rotatable bonds is 6. The Morgan fingerprint density at radius 2 is 2.06 bits per heavy atom. The highest BCUT2D eigenvalue weighted by atomic mass is 16.5. The predicted octanol–water partition coefficient (Wildman–Crippen LogP) is 1.52. The summed E-state index contributed by atoms with van der Waals surface area (Å²) in [5.41, 5.74) is 7.07. The highest BCUT2D eigenvalue weighted by Crippen LogP contribution is 2.02. The van der Waals surface area contributed by atoms with Crippen molar-refractivity contribution >= 4 is 5.97 Å². The van der Waals surface area contributed by atoms with Crippen LogP contribution >= 0.6 is 0 Å². The largest absolute Gasteiger partial charge is 0.461 e. The van der Waals surface area contributed by atoms with Crippen LogP contribution in [0.4, 0.5) is 0 Å². The number of carbonyl (C=O) groups excluding carboxylic acids is 1. The van der Waals surface area contributed by atoms with Gasteiger partial charge in [-0.15, -0.1) is 0 Å². The Morgan fingerprint density at radius 3 is 2.67 bits per heavy atom. The lowest BCUT2D eigenvalue weighted by atomic mass is 10.2. The van der Waals surface area contributed by atoms with Gasteiger partial charge in [-0.1, -0.05) is 30.3 Å². The summed E-state index contributed by atoms with van der Waals surface area (Å²) in [6.07, 6.45) is 1.29. The molecule has 0 radical (unpaired) electrons. The van der Waals surface area contributed by atoms with Gasteiger partial charge in [-0.2, -0.15) is 0 Å². The van der Waals surface area contributed by atoms with Crippen LogP contribution in [0.3, 0.4) is 0 Å². The number of benzene rings is 1. The second kappa shape index (κ2) is 7.50.